The molecule has 3 aliphatic carbocycles. The standard InChI is InChI=1S/C19H30N4O/c1-18(2,23-10-4-5-11-23)13-20-17(24)16-14-6-8-19(16,12-14)15-7-9-21-22(15)3/h7,9,14,16H,4-6,8,10-13H2,1-3H3,(H,20,24). The van der Waals surface area contributed by atoms with Gasteiger partial charge in [-0.1, -0.05) is 0 Å². The van der Waals surface area contributed by atoms with Crippen molar-refractivity contribution in [2.75, 3.05) is 19.6 Å². The zero-order valence-corrected chi connectivity index (χ0v) is 15.2. The van der Waals surface area contributed by atoms with Crippen LogP contribution >= 0.6 is 0 Å². The largest absolute Gasteiger partial charge is 0.354 e. The van der Waals surface area contributed by atoms with Gasteiger partial charge in [0.1, 0.15) is 0 Å². The number of carbonyl (C=O) groups is 1. The second kappa shape index (κ2) is 5.58. The van der Waals surface area contributed by atoms with E-state index in [4.69, 9.17) is 0 Å². The molecule has 3 unspecified atom stereocenters. The number of hydrogen-bond donors (Lipinski definition) is 1. The van der Waals surface area contributed by atoms with Crippen LogP contribution in [0, 0.1) is 11.8 Å². The molecule has 0 aromatic carbocycles. The van der Waals surface area contributed by atoms with Crippen LogP contribution in [-0.4, -0.2) is 45.8 Å². The Bertz CT molecular complexity index is 627. The molecule has 3 saturated carbocycles. The topological polar surface area (TPSA) is 50.2 Å². The molecule has 1 aliphatic heterocycles. The number of hydrogen-bond acceptors (Lipinski definition) is 3. The highest BCUT2D eigenvalue weighted by Crippen LogP contribution is 2.63. The second-order valence-electron chi connectivity index (χ2n) is 8.70. The van der Waals surface area contributed by atoms with Crippen molar-refractivity contribution in [2.45, 2.75) is 56.9 Å². The molecule has 132 valence electrons. The average molecular weight is 330 g/mol. The molecule has 1 amide bonds. The minimum Gasteiger partial charge on any atom is -0.354 e. The van der Waals surface area contributed by atoms with Crippen LogP contribution in [0.25, 0.3) is 0 Å². The summed E-state index contributed by atoms with van der Waals surface area (Å²) in [4.78, 5) is 15.5. The average Bonchev–Trinajstić information content (AvgIpc) is 3.27. The van der Waals surface area contributed by atoms with Crippen LogP contribution in [0.1, 0.15) is 51.6 Å². The summed E-state index contributed by atoms with van der Waals surface area (Å²) in [5, 5.41) is 7.64. The molecular weight excluding hydrogens is 300 g/mol. The van der Waals surface area contributed by atoms with E-state index in [2.05, 4.69) is 35.2 Å². The fourth-order valence-corrected chi connectivity index (χ4v) is 5.54. The fraction of sp³-hybridized carbons (Fsp3) is 0.789. The minimum atomic E-state index is 0.0395. The van der Waals surface area contributed by atoms with Gasteiger partial charge in [-0.25, -0.2) is 0 Å². The maximum Gasteiger partial charge on any atom is 0.224 e. The van der Waals surface area contributed by atoms with E-state index in [1.807, 2.05) is 17.9 Å². The van der Waals surface area contributed by atoms with Gasteiger partial charge < -0.3 is 5.32 Å². The molecule has 4 fully saturated rings. The van der Waals surface area contributed by atoms with Crippen molar-refractivity contribution in [2.24, 2.45) is 18.9 Å². The van der Waals surface area contributed by atoms with Crippen molar-refractivity contribution in [1.82, 2.24) is 20.0 Å². The monoisotopic (exact) mass is 330 g/mol. The smallest absolute Gasteiger partial charge is 0.224 e. The maximum atomic E-state index is 13.0. The van der Waals surface area contributed by atoms with Gasteiger partial charge in [-0.15, -0.1) is 0 Å². The Morgan fingerprint density at radius 3 is 2.79 bits per heavy atom. The van der Waals surface area contributed by atoms with E-state index >= 15 is 0 Å². The quantitative estimate of drug-likeness (QED) is 0.899. The van der Waals surface area contributed by atoms with Gasteiger partial charge in [0, 0.05) is 36.4 Å². The summed E-state index contributed by atoms with van der Waals surface area (Å²) in [6.07, 6.45) is 7.89. The summed E-state index contributed by atoms with van der Waals surface area (Å²) in [5.41, 5.74) is 1.34. The Labute approximate surface area is 144 Å². The molecule has 3 atom stereocenters. The third-order valence-corrected chi connectivity index (χ3v) is 6.93. The third-order valence-electron chi connectivity index (χ3n) is 6.93. The van der Waals surface area contributed by atoms with Gasteiger partial charge in [0.2, 0.25) is 5.91 Å². The van der Waals surface area contributed by atoms with Crippen molar-refractivity contribution < 1.29 is 4.79 Å². The van der Waals surface area contributed by atoms with Gasteiger partial charge >= 0.3 is 0 Å². The van der Waals surface area contributed by atoms with Crippen LogP contribution in [0.3, 0.4) is 0 Å². The van der Waals surface area contributed by atoms with Gasteiger partial charge in [0.25, 0.3) is 0 Å². The lowest BCUT2D eigenvalue weighted by molar-refractivity contribution is -0.133. The van der Waals surface area contributed by atoms with Crippen LogP contribution in [-0.2, 0) is 17.3 Å². The first kappa shape index (κ1) is 16.1. The zero-order valence-electron chi connectivity index (χ0n) is 15.2. The summed E-state index contributed by atoms with van der Waals surface area (Å²) in [6.45, 7) is 7.58. The van der Waals surface area contributed by atoms with E-state index in [1.165, 1.54) is 25.0 Å². The second-order valence-corrected chi connectivity index (χ2v) is 8.70. The highest BCUT2D eigenvalue weighted by molar-refractivity contribution is 5.83. The van der Waals surface area contributed by atoms with Gasteiger partial charge in [-0.2, -0.15) is 5.10 Å². The number of aromatic nitrogens is 2. The van der Waals surface area contributed by atoms with Gasteiger partial charge in [0.05, 0.1) is 5.92 Å². The SMILES string of the molecule is Cn1nccc1C12CCC(C1)C2C(=O)NCC(C)(C)N1CCCC1. The van der Waals surface area contributed by atoms with Crippen LogP contribution in [0.5, 0.6) is 0 Å². The molecule has 0 spiro atoms. The molecule has 1 N–H and O–H groups in total. The number of rotatable bonds is 5. The summed E-state index contributed by atoms with van der Waals surface area (Å²) >= 11 is 0. The van der Waals surface area contributed by atoms with Crippen LogP contribution in [0.15, 0.2) is 12.3 Å². The molecule has 5 rings (SSSR count). The van der Waals surface area contributed by atoms with Crippen molar-refractivity contribution in [3.8, 4) is 0 Å². The number of amides is 1. The predicted octanol–water partition coefficient (Wildman–Crippen LogP) is 2.08. The lowest BCUT2D eigenvalue weighted by atomic mass is 9.58. The fourth-order valence-electron chi connectivity index (χ4n) is 5.54. The van der Waals surface area contributed by atoms with E-state index in [0.29, 0.717) is 5.92 Å². The molecule has 24 heavy (non-hydrogen) atoms. The molecule has 4 aliphatic rings. The van der Waals surface area contributed by atoms with E-state index in [1.54, 1.807) is 0 Å². The highest BCUT2D eigenvalue weighted by Gasteiger charge is 2.63. The molecule has 5 heteroatoms. The Morgan fingerprint density at radius 2 is 2.17 bits per heavy atom. The van der Waals surface area contributed by atoms with Crippen LogP contribution in [0.4, 0.5) is 0 Å². The zero-order chi connectivity index (χ0) is 16.9. The first-order valence-corrected chi connectivity index (χ1v) is 9.45. The number of nitrogens with one attached hydrogen (secondary N) is 1. The van der Waals surface area contributed by atoms with Crippen molar-refractivity contribution >= 4 is 5.91 Å². The number of likely N-dealkylation sites (tertiary alicyclic amines) is 1. The number of aryl methyl sites for hydroxylation is 1. The Kier molecular flexibility index (Phi) is 3.75. The Balaban J connectivity index is 1.44. The lowest BCUT2D eigenvalue weighted by Crippen LogP contribution is -2.56. The number of carbonyl (C=O) groups excluding carboxylic acids is 1. The molecular formula is C19H30N4O. The van der Waals surface area contributed by atoms with Gasteiger partial charge in [-0.3, -0.25) is 14.4 Å². The first-order chi connectivity index (χ1) is 11.4. The summed E-state index contributed by atoms with van der Waals surface area (Å²) in [5.74, 6) is 0.967. The maximum absolute atomic E-state index is 13.0. The molecule has 0 radical (unpaired) electrons. The lowest BCUT2D eigenvalue weighted by Gasteiger charge is -2.47. The van der Waals surface area contributed by atoms with E-state index in [-0.39, 0.29) is 22.8 Å². The van der Waals surface area contributed by atoms with Crippen LogP contribution in [0.2, 0.25) is 0 Å². The van der Waals surface area contributed by atoms with Crippen molar-refractivity contribution in [1.29, 1.82) is 0 Å². The normalized spacial score (nSPS) is 32.8. The molecule has 1 saturated heterocycles. The van der Waals surface area contributed by atoms with Gasteiger partial charge in [0.15, 0.2) is 0 Å². The summed E-state index contributed by atoms with van der Waals surface area (Å²) in [7, 11) is 2.00. The summed E-state index contributed by atoms with van der Waals surface area (Å²) < 4.78 is 1.97. The minimum absolute atomic E-state index is 0.0395. The van der Waals surface area contributed by atoms with E-state index in [0.717, 1.165) is 32.5 Å². The first-order valence-electron chi connectivity index (χ1n) is 9.45. The number of nitrogens with zero attached hydrogens (tertiary/aromatic N) is 3. The highest BCUT2D eigenvalue weighted by atomic mass is 16.2. The molecule has 2 bridgehead atoms. The van der Waals surface area contributed by atoms with Crippen molar-refractivity contribution in [3.63, 3.8) is 0 Å². The number of fused-ring (bicyclic) bond motifs is 1. The van der Waals surface area contributed by atoms with Crippen LogP contribution < -0.4 is 5.32 Å². The van der Waals surface area contributed by atoms with E-state index in [9.17, 15) is 4.79 Å². The summed E-state index contributed by atoms with van der Waals surface area (Å²) in [6, 6.07) is 2.11. The molecule has 2 heterocycles. The van der Waals surface area contributed by atoms with E-state index < -0.39 is 0 Å². The molecule has 1 aromatic heterocycles. The molecule has 5 nitrogen and oxygen atoms in total. The molecule has 1 aromatic rings. The third kappa shape index (κ3) is 2.32. The predicted molar refractivity (Wildman–Crippen MR) is 93.6 cm³/mol. The Morgan fingerprint density at radius 1 is 1.42 bits per heavy atom. The van der Waals surface area contributed by atoms with Crippen molar-refractivity contribution in [3.05, 3.63) is 18.0 Å². The Hall–Kier alpha value is -1.36. The van der Waals surface area contributed by atoms with Gasteiger partial charge in [-0.05, 0) is 71.0 Å².